The van der Waals surface area contributed by atoms with Gasteiger partial charge in [0.15, 0.2) is 0 Å². The Morgan fingerprint density at radius 2 is 2.14 bits per heavy atom. The standard InChI is InChI=1S/C12H20O2/c1-6-7-8-12(4,10(2)3)9-11(13)14-5/h6H,1-2,7-9H2,3-5H3. The Labute approximate surface area is 86.6 Å². The van der Waals surface area contributed by atoms with E-state index in [1.807, 2.05) is 19.9 Å². The van der Waals surface area contributed by atoms with Crippen molar-refractivity contribution >= 4 is 5.97 Å². The number of hydrogen-bond acceptors (Lipinski definition) is 2. The fourth-order valence-corrected chi connectivity index (χ4v) is 1.26. The van der Waals surface area contributed by atoms with Gasteiger partial charge in [-0.3, -0.25) is 4.79 Å². The summed E-state index contributed by atoms with van der Waals surface area (Å²) in [5.41, 5.74) is 0.853. The number of esters is 1. The molecule has 0 saturated carbocycles. The molecule has 0 N–H and O–H groups in total. The molecular formula is C12H20O2. The van der Waals surface area contributed by atoms with E-state index in [9.17, 15) is 4.79 Å². The van der Waals surface area contributed by atoms with Crippen molar-refractivity contribution in [2.45, 2.75) is 33.1 Å². The van der Waals surface area contributed by atoms with E-state index in [1.165, 1.54) is 7.11 Å². The molecule has 0 heterocycles. The maximum absolute atomic E-state index is 11.2. The van der Waals surface area contributed by atoms with Crippen LogP contribution in [-0.4, -0.2) is 13.1 Å². The first kappa shape index (κ1) is 12.9. The van der Waals surface area contributed by atoms with Crippen LogP contribution in [0.15, 0.2) is 24.8 Å². The highest BCUT2D eigenvalue weighted by molar-refractivity contribution is 5.70. The second kappa shape index (κ2) is 5.63. The molecule has 0 aromatic carbocycles. The minimum atomic E-state index is -0.181. The Balaban J connectivity index is 4.46. The quantitative estimate of drug-likeness (QED) is 0.482. The molecule has 0 fully saturated rings. The van der Waals surface area contributed by atoms with E-state index in [-0.39, 0.29) is 11.4 Å². The van der Waals surface area contributed by atoms with Crippen LogP contribution in [-0.2, 0) is 9.53 Å². The van der Waals surface area contributed by atoms with E-state index < -0.39 is 0 Å². The molecule has 2 nitrogen and oxygen atoms in total. The summed E-state index contributed by atoms with van der Waals surface area (Å²) >= 11 is 0. The third-order valence-corrected chi connectivity index (χ3v) is 2.69. The first-order valence-electron chi connectivity index (χ1n) is 4.80. The first-order chi connectivity index (χ1) is 6.46. The number of rotatable bonds is 6. The first-order valence-corrected chi connectivity index (χ1v) is 4.80. The fourth-order valence-electron chi connectivity index (χ4n) is 1.26. The number of carbonyl (C=O) groups excluding carboxylic acids is 1. The third kappa shape index (κ3) is 3.77. The van der Waals surface area contributed by atoms with Crippen molar-refractivity contribution in [2.75, 3.05) is 7.11 Å². The maximum atomic E-state index is 11.2. The van der Waals surface area contributed by atoms with Crippen LogP contribution in [0.4, 0.5) is 0 Å². The second-order valence-electron chi connectivity index (χ2n) is 3.92. The molecule has 80 valence electrons. The van der Waals surface area contributed by atoms with Crippen molar-refractivity contribution in [1.29, 1.82) is 0 Å². The lowest BCUT2D eigenvalue weighted by Crippen LogP contribution is -2.22. The zero-order chi connectivity index (χ0) is 11.2. The fraction of sp³-hybridized carbons (Fsp3) is 0.583. The van der Waals surface area contributed by atoms with Crippen molar-refractivity contribution in [1.82, 2.24) is 0 Å². The van der Waals surface area contributed by atoms with E-state index in [0.29, 0.717) is 6.42 Å². The summed E-state index contributed by atoms with van der Waals surface area (Å²) < 4.78 is 4.67. The molecule has 0 radical (unpaired) electrons. The van der Waals surface area contributed by atoms with Crippen LogP contribution in [0.5, 0.6) is 0 Å². The average Bonchev–Trinajstić information content (AvgIpc) is 2.14. The Hall–Kier alpha value is -1.05. The molecule has 0 aromatic rings. The molecule has 14 heavy (non-hydrogen) atoms. The van der Waals surface area contributed by atoms with Crippen LogP contribution in [0.2, 0.25) is 0 Å². The summed E-state index contributed by atoms with van der Waals surface area (Å²) in [6, 6.07) is 0. The molecule has 0 spiro atoms. The number of carbonyl (C=O) groups is 1. The van der Waals surface area contributed by atoms with Crippen LogP contribution in [0.25, 0.3) is 0 Å². The normalized spacial score (nSPS) is 14.2. The van der Waals surface area contributed by atoms with Gasteiger partial charge < -0.3 is 4.74 Å². The second-order valence-corrected chi connectivity index (χ2v) is 3.92. The number of ether oxygens (including phenoxy) is 1. The largest absolute Gasteiger partial charge is 0.469 e. The molecule has 0 rings (SSSR count). The molecule has 0 bridgehead atoms. The van der Waals surface area contributed by atoms with Gasteiger partial charge in [-0.25, -0.2) is 0 Å². The lowest BCUT2D eigenvalue weighted by molar-refractivity contribution is -0.142. The number of methoxy groups -OCH3 is 1. The van der Waals surface area contributed by atoms with Gasteiger partial charge in [0.1, 0.15) is 0 Å². The van der Waals surface area contributed by atoms with Gasteiger partial charge in [0, 0.05) is 0 Å². The lowest BCUT2D eigenvalue weighted by Gasteiger charge is -2.28. The highest BCUT2D eigenvalue weighted by atomic mass is 16.5. The molecule has 0 aromatic heterocycles. The Morgan fingerprint density at radius 1 is 1.57 bits per heavy atom. The summed E-state index contributed by atoms with van der Waals surface area (Å²) in [6.45, 7) is 11.6. The van der Waals surface area contributed by atoms with E-state index in [2.05, 4.69) is 17.9 Å². The smallest absolute Gasteiger partial charge is 0.306 e. The molecule has 0 aliphatic heterocycles. The average molecular weight is 196 g/mol. The number of allylic oxidation sites excluding steroid dienone is 2. The zero-order valence-corrected chi connectivity index (χ0v) is 9.43. The number of hydrogen-bond donors (Lipinski definition) is 0. The van der Waals surface area contributed by atoms with Crippen LogP contribution >= 0.6 is 0 Å². The van der Waals surface area contributed by atoms with Gasteiger partial charge in [0.05, 0.1) is 13.5 Å². The molecule has 1 unspecified atom stereocenters. The molecule has 0 aliphatic rings. The van der Waals surface area contributed by atoms with Crippen LogP contribution in [0.1, 0.15) is 33.1 Å². The van der Waals surface area contributed by atoms with E-state index in [0.717, 1.165) is 18.4 Å². The van der Waals surface area contributed by atoms with E-state index in [4.69, 9.17) is 0 Å². The van der Waals surface area contributed by atoms with Crippen LogP contribution in [0.3, 0.4) is 0 Å². The van der Waals surface area contributed by atoms with Gasteiger partial charge in [0.25, 0.3) is 0 Å². The Morgan fingerprint density at radius 3 is 2.50 bits per heavy atom. The Kier molecular flexibility index (Phi) is 5.21. The minimum Gasteiger partial charge on any atom is -0.469 e. The molecule has 2 heteroatoms. The van der Waals surface area contributed by atoms with Gasteiger partial charge in [-0.15, -0.1) is 6.58 Å². The highest BCUT2D eigenvalue weighted by Crippen LogP contribution is 2.35. The van der Waals surface area contributed by atoms with Crippen molar-refractivity contribution in [3.63, 3.8) is 0 Å². The van der Waals surface area contributed by atoms with Crippen LogP contribution in [0, 0.1) is 5.41 Å². The summed E-state index contributed by atoms with van der Waals surface area (Å²) in [7, 11) is 1.41. The van der Waals surface area contributed by atoms with Gasteiger partial charge in [-0.2, -0.15) is 0 Å². The van der Waals surface area contributed by atoms with Crippen molar-refractivity contribution in [3.05, 3.63) is 24.8 Å². The van der Waals surface area contributed by atoms with Crippen molar-refractivity contribution < 1.29 is 9.53 Å². The van der Waals surface area contributed by atoms with Crippen LogP contribution < -0.4 is 0 Å². The summed E-state index contributed by atoms with van der Waals surface area (Å²) in [6.07, 6.45) is 4.03. The topological polar surface area (TPSA) is 26.3 Å². The third-order valence-electron chi connectivity index (χ3n) is 2.69. The van der Waals surface area contributed by atoms with Gasteiger partial charge in [-0.05, 0) is 25.2 Å². The molecular weight excluding hydrogens is 176 g/mol. The van der Waals surface area contributed by atoms with E-state index in [1.54, 1.807) is 0 Å². The summed E-state index contributed by atoms with van der Waals surface area (Å²) in [5.74, 6) is -0.181. The molecule has 0 amide bonds. The maximum Gasteiger partial charge on any atom is 0.306 e. The lowest BCUT2D eigenvalue weighted by atomic mass is 9.77. The summed E-state index contributed by atoms with van der Waals surface area (Å²) in [4.78, 5) is 11.2. The summed E-state index contributed by atoms with van der Waals surface area (Å²) in [5, 5.41) is 0. The van der Waals surface area contributed by atoms with E-state index >= 15 is 0 Å². The Bertz CT molecular complexity index is 230. The predicted octanol–water partition coefficient (Wildman–Crippen LogP) is 3.10. The molecule has 0 aliphatic carbocycles. The highest BCUT2D eigenvalue weighted by Gasteiger charge is 2.27. The predicted molar refractivity (Wildman–Crippen MR) is 59.0 cm³/mol. The zero-order valence-electron chi connectivity index (χ0n) is 9.43. The molecule has 0 saturated heterocycles. The van der Waals surface area contributed by atoms with Gasteiger partial charge in [-0.1, -0.05) is 25.2 Å². The monoisotopic (exact) mass is 196 g/mol. The van der Waals surface area contributed by atoms with Gasteiger partial charge in [0.2, 0.25) is 0 Å². The SMILES string of the molecule is C=CCCC(C)(CC(=O)OC)C(=C)C. The minimum absolute atomic E-state index is 0.165. The van der Waals surface area contributed by atoms with Gasteiger partial charge >= 0.3 is 5.97 Å². The van der Waals surface area contributed by atoms with Crippen molar-refractivity contribution in [3.8, 4) is 0 Å². The molecule has 1 atom stereocenters. The van der Waals surface area contributed by atoms with Crippen molar-refractivity contribution in [2.24, 2.45) is 5.41 Å².